The van der Waals surface area contributed by atoms with Crippen LogP contribution in [-0.4, -0.2) is 36.0 Å². The lowest BCUT2D eigenvalue weighted by Crippen LogP contribution is -2.31. The van der Waals surface area contributed by atoms with Crippen molar-refractivity contribution in [2.75, 3.05) is 25.9 Å². The van der Waals surface area contributed by atoms with Gasteiger partial charge in [-0.1, -0.05) is 15.9 Å². The molecule has 1 heterocycles. The van der Waals surface area contributed by atoms with Crippen LogP contribution in [0.25, 0.3) is 0 Å². The van der Waals surface area contributed by atoms with Crippen LogP contribution in [0.5, 0.6) is 5.75 Å². The number of hydrogen-bond donors (Lipinski definition) is 1. The molecule has 6 heteroatoms. The van der Waals surface area contributed by atoms with E-state index >= 15 is 0 Å². The van der Waals surface area contributed by atoms with E-state index in [1.54, 1.807) is 24.1 Å². The summed E-state index contributed by atoms with van der Waals surface area (Å²) in [7, 11) is 1.71. The van der Waals surface area contributed by atoms with Crippen molar-refractivity contribution >= 4 is 27.5 Å². The minimum absolute atomic E-state index is 0.158. The van der Waals surface area contributed by atoms with Gasteiger partial charge < -0.3 is 15.4 Å². The zero-order chi connectivity index (χ0) is 15.2. The van der Waals surface area contributed by atoms with E-state index in [-0.39, 0.29) is 5.91 Å². The number of nitrogen functional groups attached to an aromatic ring is 1. The first-order valence-corrected chi connectivity index (χ1v) is 7.21. The summed E-state index contributed by atoms with van der Waals surface area (Å²) in [5.74, 6) is 0.610. The quantitative estimate of drug-likeness (QED) is 0.900. The number of nitrogens with two attached hydrogens (primary N) is 1. The van der Waals surface area contributed by atoms with Gasteiger partial charge in [0.25, 0.3) is 5.91 Å². The van der Waals surface area contributed by atoms with Crippen molar-refractivity contribution in [3.63, 3.8) is 0 Å². The lowest BCUT2D eigenvalue weighted by Gasteiger charge is -2.17. The summed E-state index contributed by atoms with van der Waals surface area (Å²) >= 11 is 3.36. The molecule has 0 bridgehead atoms. The van der Waals surface area contributed by atoms with E-state index in [9.17, 15) is 4.79 Å². The van der Waals surface area contributed by atoms with Crippen LogP contribution in [-0.2, 0) is 0 Å². The first kappa shape index (κ1) is 15.3. The monoisotopic (exact) mass is 349 g/mol. The topological polar surface area (TPSA) is 68.5 Å². The number of rotatable bonds is 5. The Morgan fingerprint density at radius 1 is 1.29 bits per heavy atom. The molecule has 21 heavy (non-hydrogen) atoms. The fourth-order valence-electron chi connectivity index (χ4n) is 1.66. The lowest BCUT2D eigenvalue weighted by atomic mass is 10.3. The molecule has 1 aromatic carbocycles. The summed E-state index contributed by atoms with van der Waals surface area (Å²) in [6, 6.07) is 10.8. The molecule has 2 N–H and O–H groups in total. The number of carbonyl (C=O) groups excluding carboxylic acids is 1. The molecule has 0 radical (unpaired) electrons. The molecule has 0 aliphatic heterocycles. The number of nitrogens with zero attached hydrogens (tertiary/aromatic N) is 2. The van der Waals surface area contributed by atoms with Crippen LogP contribution >= 0.6 is 15.9 Å². The molecule has 0 fully saturated rings. The van der Waals surface area contributed by atoms with E-state index in [4.69, 9.17) is 10.5 Å². The molecule has 2 aromatic rings. The van der Waals surface area contributed by atoms with Gasteiger partial charge in [-0.25, -0.2) is 4.98 Å². The summed E-state index contributed by atoms with van der Waals surface area (Å²) in [5, 5.41) is 0. The number of anilines is 1. The Balaban J connectivity index is 1.83. The molecule has 0 aliphatic rings. The Morgan fingerprint density at radius 3 is 2.62 bits per heavy atom. The zero-order valence-electron chi connectivity index (χ0n) is 11.6. The van der Waals surface area contributed by atoms with Crippen LogP contribution in [0.1, 0.15) is 10.5 Å². The minimum atomic E-state index is -0.158. The van der Waals surface area contributed by atoms with Crippen LogP contribution in [0.2, 0.25) is 0 Å². The van der Waals surface area contributed by atoms with Crippen LogP contribution in [0, 0.1) is 0 Å². The SMILES string of the molecule is CN(CCOc1ccc(Br)cc1)C(=O)c1ccc(N)cn1. The zero-order valence-corrected chi connectivity index (χ0v) is 13.2. The third-order valence-electron chi connectivity index (χ3n) is 2.86. The second-order valence-corrected chi connectivity index (χ2v) is 5.42. The lowest BCUT2D eigenvalue weighted by molar-refractivity contribution is 0.0768. The molecule has 5 nitrogen and oxygen atoms in total. The number of hydrogen-bond acceptors (Lipinski definition) is 4. The molecule has 2 rings (SSSR count). The summed E-state index contributed by atoms with van der Waals surface area (Å²) < 4.78 is 6.58. The van der Waals surface area contributed by atoms with Crippen molar-refractivity contribution in [3.8, 4) is 5.75 Å². The molecule has 0 saturated heterocycles. The maximum Gasteiger partial charge on any atom is 0.272 e. The third kappa shape index (κ3) is 4.46. The number of likely N-dealkylation sites (N-methyl/N-ethyl adjacent to an activating group) is 1. The van der Waals surface area contributed by atoms with E-state index in [0.29, 0.717) is 24.5 Å². The summed E-state index contributed by atoms with van der Waals surface area (Å²) in [4.78, 5) is 17.7. The highest BCUT2D eigenvalue weighted by Gasteiger charge is 2.12. The highest BCUT2D eigenvalue weighted by atomic mass is 79.9. The molecule has 1 aromatic heterocycles. The Bertz CT molecular complexity index is 599. The van der Waals surface area contributed by atoms with Crippen LogP contribution < -0.4 is 10.5 Å². The van der Waals surface area contributed by atoms with Gasteiger partial charge in [0.1, 0.15) is 18.1 Å². The van der Waals surface area contributed by atoms with E-state index in [0.717, 1.165) is 10.2 Å². The van der Waals surface area contributed by atoms with Gasteiger partial charge in [-0.15, -0.1) is 0 Å². The third-order valence-corrected chi connectivity index (χ3v) is 3.39. The minimum Gasteiger partial charge on any atom is -0.492 e. The van der Waals surface area contributed by atoms with E-state index in [1.807, 2.05) is 24.3 Å². The molecule has 0 aliphatic carbocycles. The second kappa shape index (κ2) is 7.08. The maximum atomic E-state index is 12.1. The van der Waals surface area contributed by atoms with Gasteiger partial charge in [-0.3, -0.25) is 4.79 Å². The van der Waals surface area contributed by atoms with Gasteiger partial charge in [0.05, 0.1) is 18.4 Å². The first-order chi connectivity index (χ1) is 10.1. The number of aromatic nitrogens is 1. The number of benzene rings is 1. The molecule has 0 unspecified atom stereocenters. The average molecular weight is 350 g/mol. The fraction of sp³-hybridized carbons (Fsp3) is 0.200. The van der Waals surface area contributed by atoms with Crippen LogP contribution in [0.15, 0.2) is 47.1 Å². The summed E-state index contributed by atoms with van der Waals surface area (Å²) in [6.07, 6.45) is 1.47. The summed E-state index contributed by atoms with van der Waals surface area (Å²) in [6.45, 7) is 0.889. The summed E-state index contributed by atoms with van der Waals surface area (Å²) in [5.41, 5.74) is 6.45. The highest BCUT2D eigenvalue weighted by Crippen LogP contribution is 2.16. The maximum absolute atomic E-state index is 12.1. The van der Waals surface area contributed by atoms with Gasteiger partial charge in [-0.2, -0.15) is 0 Å². The molecular weight excluding hydrogens is 334 g/mol. The predicted octanol–water partition coefficient (Wildman–Crippen LogP) is 2.58. The number of ether oxygens (including phenoxy) is 1. The van der Waals surface area contributed by atoms with Gasteiger partial charge in [-0.05, 0) is 36.4 Å². The Hall–Kier alpha value is -2.08. The molecule has 0 spiro atoms. The smallest absolute Gasteiger partial charge is 0.272 e. The molecule has 0 atom stereocenters. The van der Waals surface area contributed by atoms with Crippen LogP contribution in [0.3, 0.4) is 0 Å². The second-order valence-electron chi connectivity index (χ2n) is 4.51. The van der Waals surface area contributed by atoms with Crippen molar-refractivity contribution < 1.29 is 9.53 Å². The first-order valence-electron chi connectivity index (χ1n) is 6.41. The number of amides is 1. The van der Waals surface area contributed by atoms with Gasteiger partial charge in [0.2, 0.25) is 0 Å². The Labute approximate surface area is 131 Å². The van der Waals surface area contributed by atoms with Crippen molar-refractivity contribution in [2.24, 2.45) is 0 Å². The molecule has 0 saturated carbocycles. The average Bonchev–Trinajstić information content (AvgIpc) is 2.49. The van der Waals surface area contributed by atoms with Crippen molar-refractivity contribution in [1.82, 2.24) is 9.88 Å². The fourth-order valence-corrected chi connectivity index (χ4v) is 1.92. The van der Waals surface area contributed by atoms with Crippen molar-refractivity contribution in [3.05, 3.63) is 52.8 Å². The van der Waals surface area contributed by atoms with Crippen LogP contribution in [0.4, 0.5) is 5.69 Å². The largest absolute Gasteiger partial charge is 0.492 e. The van der Waals surface area contributed by atoms with Gasteiger partial charge in [0, 0.05) is 11.5 Å². The normalized spacial score (nSPS) is 10.2. The van der Waals surface area contributed by atoms with Crippen molar-refractivity contribution in [2.45, 2.75) is 0 Å². The van der Waals surface area contributed by atoms with Crippen molar-refractivity contribution in [1.29, 1.82) is 0 Å². The molecular formula is C15H16BrN3O2. The van der Waals surface area contributed by atoms with E-state index in [1.165, 1.54) is 6.20 Å². The van der Waals surface area contributed by atoms with E-state index < -0.39 is 0 Å². The Morgan fingerprint density at radius 2 is 2.00 bits per heavy atom. The number of pyridine rings is 1. The highest BCUT2D eigenvalue weighted by molar-refractivity contribution is 9.10. The van der Waals surface area contributed by atoms with Gasteiger partial charge >= 0.3 is 0 Å². The predicted molar refractivity (Wildman–Crippen MR) is 85.2 cm³/mol. The molecule has 1 amide bonds. The van der Waals surface area contributed by atoms with Gasteiger partial charge in [0.15, 0.2) is 0 Å². The van der Waals surface area contributed by atoms with E-state index in [2.05, 4.69) is 20.9 Å². The number of halogens is 1. The Kier molecular flexibility index (Phi) is 5.16. The number of carbonyl (C=O) groups is 1. The standard InChI is InChI=1S/C15H16BrN3O2/c1-19(15(20)14-7-4-12(17)10-18-14)8-9-21-13-5-2-11(16)3-6-13/h2-7,10H,8-9,17H2,1H3. The molecule has 110 valence electrons.